The summed E-state index contributed by atoms with van der Waals surface area (Å²) >= 11 is 2.60. The van der Waals surface area contributed by atoms with Crippen molar-refractivity contribution in [2.75, 3.05) is 31.0 Å². The molecule has 11 heteroatoms. The minimum Gasteiger partial charge on any atom is -0.484 e. The molecular formula is C19H20N2O7S2. The zero-order valence-electron chi connectivity index (χ0n) is 16.0. The first-order chi connectivity index (χ1) is 14.4. The van der Waals surface area contributed by atoms with Gasteiger partial charge in [-0.1, -0.05) is 18.2 Å². The van der Waals surface area contributed by atoms with Crippen LogP contribution in [-0.2, 0) is 23.9 Å². The number of carboxylic acids is 1. The number of carbonyl (C=O) groups is 4. The molecule has 160 valence electrons. The average molecular weight is 453 g/mol. The number of nitrogens with zero attached hydrogens (tertiary/aromatic N) is 1. The molecule has 2 atom stereocenters. The molecule has 1 saturated heterocycles. The highest BCUT2D eigenvalue weighted by atomic mass is 32.2. The van der Waals surface area contributed by atoms with E-state index in [9.17, 15) is 24.3 Å². The molecule has 1 aromatic carbocycles. The number of para-hydroxylation sites is 1. The number of carboxylic acid groups (broad SMARTS) is 1. The van der Waals surface area contributed by atoms with Gasteiger partial charge in [-0.05, 0) is 17.7 Å². The number of rotatable bonds is 9. The highest BCUT2D eigenvalue weighted by Gasteiger charge is 2.54. The van der Waals surface area contributed by atoms with E-state index in [2.05, 4.69) is 10.1 Å². The summed E-state index contributed by atoms with van der Waals surface area (Å²) in [5, 5.41) is 11.7. The largest absolute Gasteiger partial charge is 0.484 e. The SMILES string of the molecule is COC(=O)CSCC1=C(C(=O)O)N2C(=O)C(NC(=O)COc3ccccc3)C2SC1. The topological polar surface area (TPSA) is 122 Å². The molecule has 1 aromatic rings. The lowest BCUT2D eigenvalue weighted by atomic mass is 10.0. The maximum absolute atomic E-state index is 12.6. The van der Waals surface area contributed by atoms with Gasteiger partial charge in [-0.2, -0.15) is 0 Å². The summed E-state index contributed by atoms with van der Waals surface area (Å²) < 4.78 is 9.94. The van der Waals surface area contributed by atoms with Gasteiger partial charge in [0.05, 0.1) is 12.9 Å². The second-order valence-electron chi connectivity index (χ2n) is 6.38. The van der Waals surface area contributed by atoms with Crippen LogP contribution < -0.4 is 10.1 Å². The average Bonchev–Trinajstić information content (AvgIpc) is 2.75. The fourth-order valence-corrected chi connectivity index (χ4v) is 5.34. The molecule has 0 spiro atoms. The quantitative estimate of drug-likeness (QED) is 0.412. The standard InChI is InChI=1S/C19H20N2O7S2/c1-27-14(23)10-29-8-11-9-30-18-15(17(24)21(18)16(11)19(25)26)20-13(22)7-28-12-5-3-2-4-6-12/h2-6,15,18H,7-10H2,1H3,(H,20,22)(H,25,26). The van der Waals surface area contributed by atoms with E-state index in [1.54, 1.807) is 24.3 Å². The van der Waals surface area contributed by atoms with Crippen LogP contribution in [0, 0.1) is 0 Å². The molecule has 2 amide bonds. The Hall–Kier alpha value is -2.66. The Balaban J connectivity index is 1.59. The molecule has 2 N–H and O–H groups in total. The number of methoxy groups -OCH3 is 1. The van der Waals surface area contributed by atoms with Crippen molar-refractivity contribution in [2.24, 2.45) is 0 Å². The van der Waals surface area contributed by atoms with Crippen LogP contribution in [0.2, 0.25) is 0 Å². The fraction of sp³-hybridized carbons (Fsp3) is 0.368. The second-order valence-corrected chi connectivity index (χ2v) is 8.47. The van der Waals surface area contributed by atoms with Crippen LogP contribution in [0.25, 0.3) is 0 Å². The van der Waals surface area contributed by atoms with E-state index in [1.165, 1.54) is 35.5 Å². The first-order valence-corrected chi connectivity index (χ1v) is 11.1. The molecule has 0 bridgehead atoms. The number of β-lactam (4-membered cyclic amide) rings is 1. The normalized spacial score (nSPS) is 20.2. The number of fused-ring (bicyclic) bond motifs is 1. The predicted molar refractivity (Wildman–Crippen MR) is 111 cm³/mol. The van der Waals surface area contributed by atoms with E-state index in [-0.39, 0.29) is 18.1 Å². The molecule has 0 radical (unpaired) electrons. The van der Waals surface area contributed by atoms with E-state index < -0.39 is 35.2 Å². The number of hydrogen-bond donors (Lipinski definition) is 2. The number of esters is 1. The van der Waals surface area contributed by atoms with Gasteiger partial charge in [-0.3, -0.25) is 19.3 Å². The summed E-state index contributed by atoms with van der Waals surface area (Å²) in [7, 11) is 1.28. The van der Waals surface area contributed by atoms with Gasteiger partial charge in [0, 0.05) is 11.5 Å². The van der Waals surface area contributed by atoms with Crippen LogP contribution in [0.5, 0.6) is 5.75 Å². The van der Waals surface area contributed by atoms with Crippen LogP contribution >= 0.6 is 23.5 Å². The van der Waals surface area contributed by atoms with Gasteiger partial charge in [-0.15, -0.1) is 23.5 Å². The first kappa shape index (κ1) is 22.0. The van der Waals surface area contributed by atoms with E-state index >= 15 is 0 Å². The van der Waals surface area contributed by atoms with Crippen LogP contribution in [0.1, 0.15) is 0 Å². The van der Waals surface area contributed by atoms with Crippen molar-refractivity contribution in [3.8, 4) is 5.75 Å². The molecule has 0 aliphatic carbocycles. The van der Waals surface area contributed by atoms with Gasteiger partial charge >= 0.3 is 11.9 Å². The number of hydrogen-bond acceptors (Lipinski definition) is 8. The highest BCUT2D eigenvalue weighted by molar-refractivity contribution is 8.01. The van der Waals surface area contributed by atoms with Gasteiger partial charge in [0.1, 0.15) is 22.9 Å². The minimum atomic E-state index is -1.21. The van der Waals surface area contributed by atoms with Crippen molar-refractivity contribution in [1.82, 2.24) is 10.2 Å². The van der Waals surface area contributed by atoms with Crippen LogP contribution in [0.4, 0.5) is 0 Å². The Bertz CT molecular complexity index is 875. The van der Waals surface area contributed by atoms with E-state index in [0.717, 1.165) is 0 Å². The third kappa shape index (κ3) is 4.90. The van der Waals surface area contributed by atoms with Crippen molar-refractivity contribution < 1.29 is 33.8 Å². The monoisotopic (exact) mass is 452 g/mol. The Labute approximate surface area is 181 Å². The molecule has 0 saturated carbocycles. The molecule has 3 rings (SSSR count). The Kier molecular flexibility index (Phi) is 7.27. The lowest BCUT2D eigenvalue weighted by molar-refractivity contribution is -0.150. The minimum absolute atomic E-state index is 0.0767. The van der Waals surface area contributed by atoms with Gasteiger partial charge in [-0.25, -0.2) is 4.79 Å². The van der Waals surface area contributed by atoms with Crippen molar-refractivity contribution in [3.05, 3.63) is 41.6 Å². The van der Waals surface area contributed by atoms with E-state index in [1.807, 2.05) is 6.07 Å². The molecule has 1 fully saturated rings. The summed E-state index contributed by atoms with van der Waals surface area (Å²) in [4.78, 5) is 49.0. The molecule has 9 nitrogen and oxygen atoms in total. The van der Waals surface area contributed by atoms with Crippen LogP contribution in [0.3, 0.4) is 0 Å². The Morgan fingerprint density at radius 1 is 1.30 bits per heavy atom. The Morgan fingerprint density at radius 2 is 2.03 bits per heavy atom. The number of carbonyl (C=O) groups excluding carboxylic acids is 3. The third-order valence-corrected chi connectivity index (χ3v) is 6.74. The molecule has 2 aliphatic heterocycles. The van der Waals surface area contributed by atoms with Crippen molar-refractivity contribution in [3.63, 3.8) is 0 Å². The molecule has 2 aliphatic rings. The van der Waals surface area contributed by atoms with E-state index in [4.69, 9.17) is 4.74 Å². The van der Waals surface area contributed by atoms with Gasteiger partial charge in [0.25, 0.3) is 11.8 Å². The van der Waals surface area contributed by atoms with Crippen molar-refractivity contribution in [1.29, 1.82) is 0 Å². The smallest absolute Gasteiger partial charge is 0.352 e. The summed E-state index contributed by atoms with van der Waals surface area (Å²) in [6.45, 7) is -0.248. The number of benzene rings is 1. The molecule has 2 heterocycles. The number of amides is 2. The van der Waals surface area contributed by atoms with Gasteiger partial charge < -0.3 is 19.9 Å². The molecule has 30 heavy (non-hydrogen) atoms. The third-order valence-electron chi connectivity index (χ3n) is 4.40. The molecule has 2 unspecified atom stereocenters. The maximum Gasteiger partial charge on any atom is 0.352 e. The van der Waals surface area contributed by atoms with Crippen molar-refractivity contribution in [2.45, 2.75) is 11.4 Å². The molecular weight excluding hydrogens is 432 g/mol. The summed E-state index contributed by atoms with van der Waals surface area (Å²) in [6.07, 6.45) is 0. The predicted octanol–water partition coefficient (Wildman–Crippen LogP) is 0.710. The van der Waals surface area contributed by atoms with Crippen LogP contribution in [-0.4, -0.2) is 76.2 Å². The number of ether oxygens (including phenoxy) is 2. The zero-order chi connectivity index (χ0) is 21.7. The fourth-order valence-electron chi connectivity index (χ4n) is 2.99. The van der Waals surface area contributed by atoms with E-state index in [0.29, 0.717) is 22.8 Å². The zero-order valence-corrected chi connectivity index (χ0v) is 17.7. The molecule has 0 aromatic heterocycles. The van der Waals surface area contributed by atoms with Gasteiger partial charge in [0.2, 0.25) is 0 Å². The summed E-state index contributed by atoms with van der Waals surface area (Å²) in [5.41, 5.74) is 0.482. The number of aliphatic carboxylic acids is 1. The summed E-state index contributed by atoms with van der Waals surface area (Å²) in [6, 6.07) is 8.00. The Morgan fingerprint density at radius 3 is 2.70 bits per heavy atom. The number of thioether (sulfide) groups is 2. The second kappa shape index (κ2) is 9.90. The number of nitrogens with one attached hydrogen (secondary N) is 1. The lowest BCUT2D eigenvalue weighted by Gasteiger charge is -2.49. The first-order valence-electron chi connectivity index (χ1n) is 8.94. The van der Waals surface area contributed by atoms with Gasteiger partial charge in [0.15, 0.2) is 6.61 Å². The van der Waals surface area contributed by atoms with Crippen LogP contribution in [0.15, 0.2) is 41.6 Å². The lowest BCUT2D eigenvalue weighted by Crippen LogP contribution is -2.70. The highest BCUT2D eigenvalue weighted by Crippen LogP contribution is 2.41. The van der Waals surface area contributed by atoms with Crippen molar-refractivity contribution >= 4 is 47.3 Å². The summed E-state index contributed by atoms with van der Waals surface area (Å²) in [5.74, 6) is -1.25. The maximum atomic E-state index is 12.6.